The molecule has 5 rings (SSSR count). The van der Waals surface area contributed by atoms with Gasteiger partial charge in [0, 0.05) is 13.1 Å². The highest BCUT2D eigenvalue weighted by atomic mass is 35.5. The third kappa shape index (κ3) is 5.42. The molecule has 0 saturated carbocycles. The average molecular weight is 575 g/mol. The van der Waals surface area contributed by atoms with Crippen LogP contribution in [0.2, 0.25) is 5.02 Å². The first-order valence-corrected chi connectivity index (χ1v) is 14.1. The maximum atomic E-state index is 13.8. The Hall–Kier alpha value is -3.68. The first-order chi connectivity index (χ1) is 18.7. The molecule has 1 aliphatic heterocycles. The van der Waals surface area contributed by atoms with Gasteiger partial charge in [-0.15, -0.1) is 10.2 Å². The minimum atomic E-state index is -3.87. The standard InChI is InChI=1S/C25H27ClN6O6S/c1-15-7-8-21(38-15)24-30-29-22(32(24)23-19(36-2)5-4-6-20(23)37-3)14-39(34,35)18-9-17(33)12-31(13-18)25-27-10-16(26)11-28-25/h4-8,10-11,17-18,33H,9,12-14H2,1-3H3/t17-,18+/m1/s1. The molecule has 3 aromatic heterocycles. The maximum Gasteiger partial charge on any atom is 0.225 e. The topological polar surface area (TPSA) is 146 Å². The number of β-amino-alcohol motifs (C(OH)–C–C–N with tert-alkyl or cyclic N) is 1. The largest absolute Gasteiger partial charge is 0.494 e. The number of aliphatic hydroxyl groups is 1. The number of hydrogen-bond donors (Lipinski definition) is 1. The van der Waals surface area contributed by atoms with E-state index in [1.807, 2.05) is 0 Å². The van der Waals surface area contributed by atoms with E-state index in [2.05, 4.69) is 20.2 Å². The van der Waals surface area contributed by atoms with Crippen molar-refractivity contribution in [1.82, 2.24) is 24.7 Å². The number of hydrogen-bond acceptors (Lipinski definition) is 11. The van der Waals surface area contributed by atoms with Crippen LogP contribution in [0.4, 0.5) is 5.95 Å². The molecule has 4 aromatic rings. The summed E-state index contributed by atoms with van der Waals surface area (Å²) in [5, 5.41) is 18.5. The molecule has 1 saturated heterocycles. The van der Waals surface area contributed by atoms with Crippen LogP contribution < -0.4 is 14.4 Å². The van der Waals surface area contributed by atoms with Crippen LogP contribution in [0.25, 0.3) is 17.3 Å². The van der Waals surface area contributed by atoms with Gasteiger partial charge in [-0.2, -0.15) is 0 Å². The highest BCUT2D eigenvalue weighted by Crippen LogP contribution is 2.37. The first kappa shape index (κ1) is 26.9. The van der Waals surface area contributed by atoms with Crippen molar-refractivity contribution in [3.05, 3.63) is 59.3 Å². The maximum absolute atomic E-state index is 13.8. The number of piperidine rings is 1. The van der Waals surface area contributed by atoms with E-state index in [1.165, 1.54) is 26.6 Å². The number of ether oxygens (including phenoxy) is 2. The Kier molecular flexibility index (Phi) is 7.47. The molecule has 12 nitrogen and oxygen atoms in total. The normalized spacial score (nSPS) is 17.8. The number of sulfone groups is 1. The molecule has 0 amide bonds. The Morgan fingerprint density at radius 3 is 2.38 bits per heavy atom. The van der Waals surface area contributed by atoms with Gasteiger partial charge >= 0.3 is 0 Å². The SMILES string of the molecule is COc1cccc(OC)c1-n1c(CS(=O)(=O)[C@H]2C[C@@H](O)CN(c3ncc(Cl)cn3)C2)nnc1-c1ccc(C)o1. The third-order valence-corrected chi connectivity index (χ3v) is 8.65. The van der Waals surface area contributed by atoms with Crippen LogP contribution in [0.3, 0.4) is 0 Å². The first-order valence-electron chi connectivity index (χ1n) is 12.0. The van der Waals surface area contributed by atoms with E-state index in [4.69, 9.17) is 25.5 Å². The van der Waals surface area contributed by atoms with Crippen molar-refractivity contribution in [1.29, 1.82) is 0 Å². The Balaban J connectivity index is 1.55. The zero-order chi connectivity index (χ0) is 27.7. The van der Waals surface area contributed by atoms with Gasteiger partial charge in [-0.1, -0.05) is 17.7 Å². The molecule has 0 bridgehead atoms. The van der Waals surface area contributed by atoms with E-state index in [-0.39, 0.29) is 37.1 Å². The molecule has 4 heterocycles. The molecule has 1 N–H and O–H groups in total. The van der Waals surface area contributed by atoms with Crippen LogP contribution in [-0.2, 0) is 15.6 Å². The summed E-state index contributed by atoms with van der Waals surface area (Å²) in [5.41, 5.74) is 0.432. The monoisotopic (exact) mass is 574 g/mol. The van der Waals surface area contributed by atoms with Crippen molar-refractivity contribution < 1.29 is 27.4 Å². The van der Waals surface area contributed by atoms with E-state index < -0.39 is 26.9 Å². The molecule has 206 valence electrons. The molecule has 1 fully saturated rings. The van der Waals surface area contributed by atoms with Crippen molar-refractivity contribution in [2.24, 2.45) is 0 Å². The second-order valence-electron chi connectivity index (χ2n) is 9.12. The summed E-state index contributed by atoms with van der Waals surface area (Å²) < 4.78 is 46.2. The summed E-state index contributed by atoms with van der Waals surface area (Å²) in [6.07, 6.45) is 2.01. The molecule has 1 aromatic carbocycles. The molecular weight excluding hydrogens is 548 g/mol. The minimum absolute atomic E-state index is 0.0583. The minimum Gasteiger partial charge on any atom is -0.494 e. The van der Waals surface area contributed by atoms with Crippen LogP contribution >= 0.6 is 11.6 Å². The highest BCUT2D eigenvalue weighted by molar-refractivity contribution is 7.91. The van der Waals surface area contributed by atoms with Gasteiger partial charge in [0.1, 0.15) is 28.7 Å². The predicted molar refractivity (Wildman–Crippen MR) is 143 cm³/mol. The van der Waals surface area contributed by atoms with Gasteiger partial charge in [-0.05, 0) is 37.6 Å². The molecule has 0 spiro atoms. The molecule has 1 aliphatic rings. The summed E-state index contributed by atoms with van der Waals surface area (Å²) in [7, 11) is -0.857. The fraction of sp³-hybridized carbons (Fsp3) is 0.360. The number of anilines is 1. The molecule has 0 aliphatic carbocycles. The van der Waals surface area contributed by atoms with Crippen molar-refractivity contribution in [2.45, 2.75) is 30.5 Å². The number of benzene rings is 1. The lowest BCUT2D eigenvalue weighted by Gasteiger charge is -2.35. The summed E-state index contributed by atoms with van der Waals surface area (Å²) >= 11 is 5.90. The van der Waals surface area contributed by atoms with Crippen LogP contribution in [0.1, 0.15) is 18.0 Å². The average Bonchev–Trinajstić information content (AvgIpc) is 3.53. The van der Waals surface area contributed by atoms with E-state index in [0.29, 0.717) is 33.7 Å². The zero-order valence-electron chi connectivity index (χ0n) is 21.5. The number of aryl methyl sites for hydroxylation is 1. The molecule has 0 unspecified atom stereocenters. The number of halogens is 1. The number of methoxy groups -OCH3 is 2. The van der Waals surface area contributed by atoms with Gasteiger partial charge in [0.25, 0.3) is 0 Å². The summed E-state index contributed by atoms with van der Waals surface area (Å²) in [6, 6.07) is 8.73. The van der Waals surface area contributed by atoms with Crippen LogP contribution in [-0.4, -0.2) is 76.9 Å². The summed E-state index contributed by atoms with van der Waals surface area (Å²) in [6.45, 7) is 2.09. The predicted octanol–water partition coefficient (Wildman–Crippen LogP) is 2.85. The lowest BCUT2D eigenvalue weighted by atomic mass is 10.1. The van der Waals surface area contributed by atoms with Gasteiger partial charge in [-0.3, -0.25) is 4.57 Å². The second kappa shape index (κ2) is 10.8. The number of furan rings is 1. The van der Waals surface area contributed by atoms with Crippen LogP contribution in [0.15, 0.2) is 47.1 Å². The van der Waals surface area contributed by atoms with Crippen LogP contribution in [0.5, 0.6) is 11.5 Å². The number of rotatable bonds is 8. The van der Waals surface area contributed by atoms with Crippen molar-refractivity contribution in [3.8, 4) is 28.8 Å². The van der Waals surface area contributed by atoms with Gasteiger partial charge in [0.05, 0.1) is 43.0 Å². The molecule has 14 heteroatoms. The summed E-state index contributed by atoms with van der Waals surface area (Å²) in [5.74, 6) is 2.15. The Labute approximate surface area is 230 Å². The lowest BCUT2D eigenvalue weighted by molar-refractivity contribution is 0.154. The van der Waals surface area contributed by atoms with Gasteiger partial charge in [-0.25, -0.2) is 18.4 Å². The fourth-order valence-electron chi connectivity index (χ4n) is 4.63. The van der Waals surface area contributed by atoms with Crippen molar-refractivity contribution in [3.63, 3.8) is 0 Å². The number of aromatic nitrogens is 5. The van der Waals surface area contributed by atoms with Crippen molar-refractivity contribution in [2.75, 3.05) is 32.2 Å². The zero-order valence-corrected chi connectivity index (χ0v) is 23.1. The number of nitrogens with zero attached hydrogens (tertiary/aromatic N) is 6. The smallest absolute Gasteiger partial charge is 0.225 e. The molecule has 2 atom stereocenters. The molecular formula is C25H27ClN6O6S. The van der Waals surface area contributed by atoms with Gasteiger partial charge in [0.2, 0.25) is 11.8 Å². The van der Waals surface area contributed by atoms with Crippen LogP contribution in [0, 0.1) is 6.92 Å². The van der Waals surface area contributed by atoms with E-state index in [0.717, 1.165) is 0 Å². The van der Waals surface area contributed by atoms with E-state index in [9.17, 15) is 13.5 Å². The highest BCUT2D eigenvalue weighted by Gasteiger charge is 2.37. The molecule has 0 radical (unpaired) electrons. The summed E-state index contributed by atoms with van der Waals surface area (Å²) in [4.78, 5) is 10.00. The van der Waals surface area contributed by atoms with Crippen molar-refractivity contribution >= 4 is 27.4 Å². The quantitative estimate of drug-likeness (QED) is 0.331. The Bertz CT molecular complexity index is 1550. The third-order valence-electron chi connectivity index (χ3n) is 6.43. The van der Waals surface area contributed by atoms with E-state index in [1.54, 1.807) is 46.7 Å². The van der Waals surface area contributed by atoms with E-state index >= 15 is 0 Å². The van der Waals surface area contributed by atoms with Gasteiger partial charge in [0.15, 0.2) is 21.4 Å². The fourth-order valence-corrected chi connectivity index (χ4v) is 6.43. The van der Waals surface area contributed by atoms with Gasteiger partial charge < -0.3 is 23.9 Å². The lowest BCUT2D eigenvalue weighted by Crippen LogP contribution is -2.49. The number of aliphatic hydroxyl groups excluding tert-OH is 1. The molecule has 39 heavy (non-hydrogen) atoms. The number of para-hydroxylation sites is 1. The Morgan fingerprint density at radius 1 is 1.08 bits per heavy atom. The Morgan fingerprint density at radius 2 is 1.77 bits per heavy atom. The second-order valence-corrected chi connectivity index (χ2v) is 11.8.